The Bertz CT molecular complexity index is 1020. The van der Waals surface area contributed by atoms with E-state index in [-0.39, 0.29) is 28.2 Å². The van der Waals surface area contributed by atoms with Crippen molar-refractivity contribution >= 4 is 15.9 Å². The van der Waals surface area contributed by atoms with E-state index in [2.05, 4.69) is 4.72 Å². The van der Waals surface area contributed by atoms with Gasteiger partial charge in [-0.1, -0.05) is 12.1 Å². The molecular formula is C20H21N3O4S. The average molecular weight is 399 g/mol. The molecule has 3 rings (SSSR count). The van der Waals surface area contributed by atoms with Gasteiger partial charge in [0.05, 0.1) is 18.7 Å². The number of carbonyl (C=O) groups is 1. The van der Waals surface area contributed by atoms with Crippen LogP contribution in [-0.4, -0.2) is 39.4 Å². The number of nitrogens with zero attached hydrogens (tertiary/aromatic N) is 2. The number of ether oxygens (including phenoxy) is 1. The molecule has 0 saturated heterocycles. The van der Waals surface area contributed by atoms with E-state index in [0.717, 1.165) is 18.4 Å². The molecule has 1 aliphatic rings. The van der Waals surface area contributed by atoms with Gasteiger partial charge >= 0.3 is 0 Å². The van der Waals surface area contributed by atoms with Gasteiger partial charge in [0.25, 0.3) is 5.91 Å². The maximum Gasteiger partial charge on any atom is 0.253 e. The number of nitrogens with one attached hydrogen (secondary N) is 1. The topological polar surface area (TPSA) is 99.5 Å². The molecule has 28 heavy (non-hydrogen) atoms. The SMILES string of the molecule is COc1ccc(C(=O)N(C)Cc2ccc(C#N)cc2)cc1S(=O)(=O)NC1CC1. The van der Waals surface area contributed by atoms with Crippen LogP contribution in [-0.2, 0) is 16.6 Å². The second kappa shape index (κ2) is 8.00. The lowest BCUT2D eigenvalue weighted by molar-refractivity contribution is 0.0785. The zero-order valence-corrected chi connectivity index (χ0v) is 16.5. The van der Waals surface area contributed by atoms with E-state index < -0.39 is 10.0 Å². The number of carbonyl (C=O) groups excluding carboxylic acids is 1. The van der Waals surface area contributed by atoms with Gasteiger partial charge in [0.2, 0.25) is 10.0 Å². The first-order valence-electron chi connectivity index (χ1n) is 8.79. The molecule has 1 aliphatic carbocycles. The third-order valence-electron chi connectivity index (χ3n) is 4.45. The van der Waals surface area contributed by atoms with E-state index in [0.29, 0.717) is 12.1 Å². The highest BCUT2D eigenvalue weighted by molar-refractivity contribution is 7.89. The van der Waals surface area contributed by atoms with Crippen LogP contribution in [0.5, 0.6) is 5.75 Å². The molecule has 2 aromatic rings. The first kappa shape index (κ1) is 19.9. The van der Waals surface area contributed by atoms with E-state index in [9.17, 15) is 13.2 Å². The van der Waals surface area contributed by atoms with Gasteiger partial charge in [0, 0.05) is 25.2 Å². The predicted octanol–water partition coefficient (Wildman–Crippen LogP) is 2.28. The van der Waals surface area contributed by atoms with Crippen molar-refractivity contribution in [2.24, 2.45) is 0 Å². The minimum atomic E-state index is -3.76. The van der Waals surface area contributed by atoms with E-state index >= 15 is 0 Å². The molecule has 8 heteroatoms. The van der Waals surface area contributed by atoms with Gasteiger partial charge in [-0.05, 0) is 48.7 Å². The van der Waals surface area contributed by atoms with Crippen LogP contribution in [0.2, 0.25) is 0 Å². The fraction of sp³-hybridized carbons (Fsp3) is 0.300. The van der Waals surface area contributed by atoms with Crippen molar-refractivity contribution in [1.82, 2.24) is 9.62 Å². The Hall–Kier alpha value is -2.89. The largest absolute Gasteiger partial charge is 0.495 e. The molecule has 0 aromatic heterocycles. The lowest BCUT2D eigenvalue weighted by atomic mass is 10.1. The number of methoxy groups -OCH3 is 1. The Morgan fingerprint density at radius 2 is 1.93 bits per heavy atom. The lowest BCUT2D eigenvalue weighted by Crippen LogP contribution is -2.28. The lowest BCUT2D eigenvalue weighted by Gasteiger charge is -2.18. The number of sulfonamides is 1. The summed E-state index contributed by atoms with van der Waals surface area (Å²) in [7, 11) is -0.731. The fourth-order valence-corrected chi connectivity index (χ4v) is 4.25. The highest BCUT2D eigenvalue weighted by Gasteiger charge is 2.30. The maximum atomic E-state index is 12.8. The number of benzene rings is 2. The zero-order valence-electron chi connectivity index (χ0n) is 15.7. The molecule has 0 atom stereocenters. The molecule has 7 nitrogen and oxygen atoms in total. The summed E-state index contributed by atoms with van der Waals surface area (Å²) in [6, 6.07) is 13.3. The number of hydrogen-bond acceptors (Lipinski definition) is 5. The van der Waals surface area contributed by atoms with Gasteiger partial charge in [-0.25, -0.2) is 13.1 Å². The van der Waals surface area contributed by atoms with Crippen LogP contribution in [0.25, 0.3) is 0 Å². The molecule has 0 radical (unpaired) electrons. The molecule has 1 N–H and O–H groups in total. The molecule has 2 aromatic carbocycles. The molecule has 0 heterocycles. The summed E-state index contributed by atoms with van der Waals surface area (Å²) in [4.78, 5) is 14.3. The van der Waals surface area contributed by atoms with Crippen LogP contribution in [0.1, 0.15) is 34.3 Å². The molecule has 1 saturated carbocycles. The molecule has 1 fully saturated rings. The average Bonchev–Trinajstić information content (AvgIpc) is 3.50. The van der Waals surface area contributed by atoms with Crippen molar-refractivity contribution in [1.29, 1.82) is 5.26 Å². The second-order valence-corrected chi connectivity index (χ2v) is 8.41. The van der Waals surface area contributed by atoms with Crippen molar-refractivity contribution in [3.8, 4) is 11.8 Å². The van der Waals surface area contributed by atoms with Crippen molar-refractivity contribution in [3.63, 3.8) is 0 Å². The Kier molecular flexibility index (Phi) is 5.68. The van der Waals surface area contributed by atoms with Gasteiger partial charge in [-0.3, -0.25) is 4.79 Å². The quantitative estimate of drug-likeness (QED) is 0.770. The van der Waals surface area contributed by atoms with Gasteiger partial charge in [-0.15, -0.1) is 0 Å². The van der Waals surface area contributed by atoms with Crippen LogP contribution in [0.4, 0.5) is 0 Å². The second-order valence-electron chi connectivity index (χ2n) is 6.73. The smallest absolute Gasteiger partial charge is 0.253 e. The molecule has 0 unspecified atom stereocenters. The predicted molar refractivity (Wildman–Crippen MR) is 103 cm³/mol. The number of amides is 1. The van der Waals surface area contributed by atoms with E-state index in [1.165, 1.54) is 24.1 Å². The summed E-state index contributed by atoms with van der Waals surface area (Å²) in [6.07, 6.45) is 1.63. The first-order chi connectivity index (χ1) is 13.3. The third-order valence-corrected chi connectivity index (χ3v) is 5.99. The Labute approximate surface area is 164 Å². The normalized spacial score (nSPS) is 13.6. The molecule has 146 valence electrons. The summed E-state index contributed by atoms with van der Waals surface area (Å²) in [5, 5.41) is 8.86. The Morgan fingerprint density at radius 3 is 2.50 bits per heavy atom. The van der Waals surface area contributed by atoms with E-state index in [1.54, 1.807) is 37.4 Å². The van der Waals surface area contributed by atoms with E-state index in [4.69, 9.17) is 10.00 Å². The van der Waals surface area contributed by atoms with Crippen LogP contribution >= 0.6 is 0 Å². The Balaban J connectivity index is 1.82. The minimum Gasteiger partial charge on any atom is -0.495 e. The van der Waals surface area contributed by atoms with Gasteiger partial charge < -0.3 is 9.64 Å². The highest BCUT2D eigenvalue weighted by atomic mass is 32.2. The molecule has 0 aliphatic heterocycles. The summed E-state index contributed by atoms with van der Waals surface area (Å²) in [5.74, 6) is -0.116. The van der Waals surface area contributed by atoms with Gasteiger partial charge in [-0.2, -0.15) is 5.26 Å². The molecule has 0 spiro atoms. The number of hydrogen-bond donors (Lipinski definition) is 1. The monoisotopic (exact) mass is 399 g/mol. The standard InChI is InChI=1S/C20H21N3O4S/c1-23(13-15-5-3-14(12-21)4-6-15)20(24)16-7-10-18(27-2)19(11-16)28(25,26)22-17-8-9-17/h3-7,10-11,17,22H,8-9,13H2,1-2H3. The van der Waals surface area contributed by atoms with Gasteiger partial charge in [0.1, 0.15) is 10.6 Å². The van der Waals surface area contributed by atoms with Crippen molar-refractivity contribution in [2.45, 2.75) is 30.3 Å². The minimum absolute atomic E-state index is 0.0421. The maximum absolute atomic E-state index is 12.8. The van der Waals surface area contributed by atoms with Crippen molar-refractivity contribution in [3.05, 3.63) is 59.2 Å². The first-order valence-corrected chi connectivity index (χ1v) is 10.3. The highest BCUT2D eigenvalue weighted by Crippen LogP contribution is 2.28. The Morgan fingerprint density at radius 1 is 1.25 bits per heavy atom. The summed E-state index contributed by atoms with van der Waals surface area (Å²) >= 11 is 0. The van der Waals surface area contributed by atoms with E-state index in [1.807, 2.05) is 6.07 Å². The van der Waals surface area contributed by atoms with Gasteiger partial charge in [0.15, 0.2) is 0 Å². The third kappa shape index (κ3) is 4.50. The summed E-state index contributed by atoms with van der Waals surface area (Å²) in [5.41, 5.74) is 1.67. The summed E-state index contributed by atoms with van der Waals surface area (Å²) < 4.78 is 33.0. The number of rotatable bonds is 7. The summed E-state index contributed by atoms with van der Waals surface area (Å²) in [6.45, 7) is 0.332. The zero-order chi connectivity index (χ0) is 20.3. The molecule has 1 amide bonds. The van der Waals surface area contributed by atoms with Crippen LogP contribution < -0.4 is 9.46 Å². The fourth-order valence-electron chi connectivity index (χ4n) is 2.75. The van der Waals surface area contributed by atoms with Crippen LogP contribution in [0.15, 0.2) is 47.4 Å². The van der Waals surface area contributed by atoms with Crippen molar-refractivity contribution < 1.29 is 17.9 Å². The molecular weight excluding hydrogens is 378 g/mol. The molecule has 0 bridgehead atoms. The number of nitriles is 1. The van der Waals surface area contributed by atoms with Crippen molar-refractivity contribution in [2.75, 3.05) is 14.2 Å². The van der Waals surface area contributed by atoms with Crippen LogP contribution in [0, 0.1) is 11.3 Å². The van der Waals surface area contributed by atoms with Crippen LogP contribution in [0.3, 0.4) is 0 Å².